The van der Waals surface area contributed by atoms with Crippen LogP contribution in [0.3, 0.4) is 0 Å². The number of aromatic nitrogens is 1. The van der Waals surface area contributed by atoms with Crippen molar-refractivity contribution in [1.29, 1.82) is 5.26 Å². The summed E-state index contributed by atoms with van der Waals surface area (Å²) in [5.41, 5.74) is 7.88. The first kappa shape index (κ1) is 19.0. The standard InChI is InChI=1S/C20H25N5O2/c1-2-26-20-17(11-21)18(22)10-19(24-20)23-12-16-14-25(8-9-27-16)13-15-6-4-3-5-7-15/h3-7,10,16H,2,8-9,12-14H2,1H3,(H3,22,23,24). The molecule has 1 saturated heterocycles. The van der Waals surface area contributed by atoms with Crippen molar-refractivity contribution in [3.8, 4) is 11.9 Å². The number of pyridine rings is 1. The first-order chi connectivity index (χ1) is 13.2. The minimum absolute atomic E-state index is 0.0525. The molecule has 1 aliphatic rings. The van der Waals surface area contributed by atoms with Crippen LogP contribution in [-0.2, 0) is 11.3 Å². The molecule has 0 amide bonds. The van der Waals surface area contributed by atoms with Crippen molar-refractivity contribution in [3.63, 3.8) is 0 Å². The predicted molar refractivity (Wildman–Crippen MR) is 104 cm³/mol. The Kier molecular flexibility index (Phi) is 6.47. The number of hydrogen-bond donors (Lipinski definition) is 2. The molecule has 2 heterocycles. The van der Waals surface area contributed by atoms with Crippen molar-refractivity contribution in [2.75, 3.05) is 43.9 Å². The van der Waals surface area contributed by atoms with E-state index in [1.807, 2.05) is 19.1 Å². The van der Waals surface area contributed by atoms with Gasteiger partial charge in [-0.2, -0.15) is 10.2 Å². The van der Waals surface area contributed by atoms with Gasteiger partial charge in [-0.05, 0) is 12.5 Å². The van der Waals surface area contributed by atoms with E-state index in [-0.39, 0.29) is 17.5 Å². The molecule has 27 heavy (non-hydrogen) atoms. The minimum Gasteiger partial charge on any atom is -0.477 e. The molecule has 1 aromatic carbocycles. The van der Waals surface area contributed by atoms with E-state index in [0.29, 0.717) is 31.3 Å². The van der Waals surface area contributed by atoms with Gasteiger partial charge in [0.1, 0.15) is 17.5 Å². The molecule has 7 nitrogen and oxygen atoms in total. The summed E-state index contributed by atoms with van der Waals surface area (Å²) in [6, 6.07) is 14.1. The van der Waals surface area contributed by atoms with Crippen LogP contribution in [0.15, 0.2) is 36.4 Å². The number of rotatable bonds is 7. The Labute approximate surface area is 159 Å². The maximum absolute atomic E-state index is 9.20. The van der Waals surface area contributed by atoms with Gasteiger partial charge in [-0.3, -0.25) is 4.90 Å². The SMILES string of the molecule is CCOc1nc(NCC2CN(Cc3ccccc3)CCO2)cc(N)c1C#N. The summed E-state index contributed by atoms with van der Waals surface area (Å²) in [5.74, 6) is 0.844. The van der Waals surface area contributed by atoms with Gasteiger partial charge in [0.25, 0.3) is 0 Å². The smallest absolute Gasteiger partial charge is 0.235 e. The van der Waals surface area contributed by atoms with E-state index >= 15 is 0 Å². The number of ether oxygens (including phenoxy) is 2. The Morgan fingerprint density at radius 2 is 2.22 bits per heavy atom. The molecule has 3 rings (SSSR count). The fourth-order valence-corrected chi connectivity index (χ4v) is 3.09. The van der Waals surface area contributed by atoms with Crippen LogP contribution in [0.5, 0.6) is 5.88 Å². The lowest BCUT2D eigenvalue weighted by Crippen LogP contribution is -2.44. The fourth-order valence-electron chi connectivity index (χ4n) is 3.09. The molecule has 142 valence electrons. The zero-order chi connectivity index (χ0) is 19.1. The van der Waals surface area contributed by atoms with Crippen LogP contribution in [0.2, 0.25) is 0 Å². The maximum atomic E-state index is 9.20. The van der Waals surface area contributed by atoms with Gasteiger partial charge >= 0.3 is 0 Å². The van der Waals surface area contributed by atoms with Crippen LogP contribution in [0.4, 0.5) is 11.5 Å². The molecule has 1 unspecified atom stereocenters. The van der Waals surface area contributed by atoms with Crippen molar-refractivity contribution >= 4 is 11.5 Å². The van der Waals surface area contributed by atoms with Crippen LogP contribution in [0.1, 0.15) is 18.1 Å². The zero-order valence-corrected chi connectivity index (χ0v) is 15.5. The molecule has 0 saturated carbocycles. The van der Waals surface area contributed by atoms with E-state index in [4.69, 9.17) is 15.2 Å². The van der Waals surface area contributed by atoms with Crippen molar-refractivity contribution < 1.29 is 9.47 Å². The number of nitrogens with two attached hydrogens (primary N) is 1. The molecule has 1 aromatic heterocycles. The van der Waals surface area contributed by atoms with Crippen LogP contribution in [0.25, 0.3) is 0 Å². The van der Waals surface area contributed by atoms with Crippen LogP contribution in [0, 0.1) is 11.3 Å². The third-order valence-corrected chi connectivity index (χ3v) is 4.39. The van der Waals surface area contributed by atoms with Gasteiger partial charge < -0.3 is 20.5 Å². The van der Waals surface area contributed by atoms with Crippen LogP contribution >= 0.6 is 0 Å². The predicted octanol–water partition coefficient (Wildman–Crippen LogP) is 2.25. The average Bonchev–Trinajstić information content (AvgIpc) is 2.68. The minimum atomic E-state index is 0.0525. The average molecular weight is 367 g/mol. The highest BCUT2D eigenvalue weighted by molar-refractivity contribution is 5.64. The second kappa shape index (κ2) is 9.21. The number of morpholine rings is 1. The lowest BCUT2D eigenvalue weighted by molar-refractivity contribution is -0.0240. The Hall–Kier alpha value is -2.82. The van der Waals surface area contributed by atoms with Gasteiger partial charge in [0, 0.05) is 32.2 Å². The number of nitrogens with one attached hydrogen (secondary N) is 1. The molecular formula is C20H25N5O2. The number of nitriles is 1. The summed E-state index contributed by atoms with van der Waals surface area (Å²) >= 11 is 0. The first-order valence-corrected chi connectivity index (χ1v) is 9.14. The van der Waals surface area contributed by atoms with Gasteiger partial charge in [-0.15, -0.1) is 0 Å². The number of nitrogens with zero attached hydrogens (tertiary/aromatic N) is 3. The molecule has 3 N–H and O–H groups in total. The molecule has 0 bridgehead atoms. The van der Waals surface area contributed by atoms with E-state index in [0.717, 1.165) is 19.6 Å². The summed E-state index contributed by atoms with van der Waals surface area (Å²) in [6.07, 6.45) is 0.0525. The van der Waals surface area contributed by atoms with Gasteiger partial charge in [0.15, 0.2) is 0 Å². The van der Waals surface area contributed by atoms with E-state index in [1.165, 1.54) is 5.56 Å². The van der Waals surface area contributed by atoms with Crippen molar-refractivity contribution in [2.45, 2.75) is 19.6 Å². The van der Waals surface area contributed by atoms with Crippen molar-refractivity contribution in [3.05, 3.63) is 47.5 Å². The van der Waals surface area contributed by atoms with Crippen molar-refractivity contribution in [1.82, 2.24) is 9.88 Å². The van der Waals surface area contributed by atoms with Crippen LogP contribution in [-0.4, -0.2) is 48.8 Å². The van der Waals surface area contributed by atoms with Gasteiger partial charge in [-0.1, -0.05) is 30.3 Å². The number of benzene rings is 1. The number of hydrogen-bond acceptors (Lipinski definition) is 7. The lowest BCUT2D eigenvalue weighted by Gasteiger charge is -2.33. The van der Waals surface area contributed by atoms with E-state index in [1.54, 1.807) is 6.07 Å². The number of nitrogen functional groups attached to an aromatic ring is 1. The van der Waals surface area contributed by atoms with Gasteiger partial charge in [-0.25, -0.2) is 0 Å². The summed E-state index contributed by atoms with van der Waals surface area (Å²) < 4.78 is 11.3. The highest BCUT2D eigenvalue weighted by Gasteiger charge is 2.21. The molecule has 0 spiro atoms. The lowest BCUT2D eigenvalue weighted by atomic mass is 10.2. The fraction of sp³-hybridized carbons (Fsp3) is 0.400. The van der Waals surface area contributed by atoms with E-state index in [9.17, 15) is 5.26 Å². The third-order valence-electron chi connectivity index (χ3n) is 4.39. The zero-order valence-electron chi connectivity index (χ0n) is 15.5. The van der Waals surface area contributed by atoms with Gasteiger partial charge in [0.05, 0.1) is 25.0 Å². The summed E-state index contributed by atoms with van der Waals surface area (Å²) in [4.78, 5) is 6.75. The van der Waals surface area contributed by atoms with Crippen molar-refractivity contribution in [2.24, 2.45) is 0 Å². The topological polar surface area (TPSA) is 96.4 Å². The van der Waals surface area contributed by atoms with Crippen LogP contribution < -0.4 is 15.8 Å². The second-order valence-corrected chi connectivity index (χ2v) is 6.42. The summed E-state index contributed by atoms with van der Waals surface area (Å²) in [6.45, 7) is 6.24. The highest BCUT2D eigenvalue weighted by Crippen LogP contribution is 2.25. The third kappa shape index (κ3) is 5.09. The Balaban J connectivity index is 1.58. The van der Waals surface area contributed by atoms with Gasteiger partial charge in [0.2, 0.25) is 5.88 Å². The molecule has 2 aromatic rings. The molecule has 7 heteroatoms. The Morgan fingerprint density at radius 1 is 1.41 bits per heavy atom. The highest BCUT2D eigenvalue weighted by atomic mass is 16.5. The quantitative estimate of drug-likeness (QED) is 0.775. The largest absolute Gasteiger partial charge is 0.477 e. The van der Waals surface area contributed by atoms with E-state index < -0.39 is 0 Å². The maximum Gasteiger partial charge on any atom is 0.235 e. The molecule has 1 atom stereocenters. The molecule has 0 aliphatic carbocycles. The number of anilines is 2. The summed E-state index contributed by atoms with van der Waals surface area (Å²) in [5, 5.41) is 12.5. The Morgan fingerprint density at radius 3 is 2.96 bits per heavy atom. The Bertz CT molecular complexity index is 791. The summed E-state index contributed by atoms with van der Waals surface area (Å²) in [7, 11) is 0. The first-order valence-electron chi connectivity index (χ1n) is 9.14. The normalized spacial score (nSPS) is 17.3. The molecular weight excluding hydrogens is 342 g/mol. The van der Waals surface area contributed by atoms with E-state index in [2.05, 4.69) is 39.5 Å². The second-order valence-electron chi connectivity index (χ2n) is 6.42. The monoisotopic (exact) mass is 367 g/mol. The molecule has 1 aliphatic heterocycles. The molecule has 1 fully saturated rings. The molecule has 0 radical (unpaired) electrons.